The van der Waals surface area contributed by atoms with E-state index in [0.29, 0.717) is 4.70 Å². The third kappa shape index (κ3) is 4.69. The number of carbonyl (C=O) groups is 2. The number of amides is 1. The highest BCUT2D eigenvalue weighted by Gasteiger charge is 2.15. The molecule has 1 heterocycles. The van der Waals surface area contributed by atoms with E-state index in [4.69, 9.17) is 4.74 Å². The zero-order valence-corrected chi connectivity index (χ0v) is 17.1. The van der Waals surface area contributed by atoms with E-state index in [2.05, 4.69) is 4.99 Å². The molecule has 28 heavy (non-hydrogen) atoms. The summed E-state index contributed by atoms with van der Waals surface area (Å²) < 4.78 is 21.3. The van der Waals surface area contributed by atoms with Gasteiger partial charge in [0.25, 0.3) is 5.91 Å². The first kappa shape index (κ1) is 20.3. The molecule has 0 saturated carbocycles. The highest BCUT2D eigenvalue weighted by molar-refractivity contribution is 7.98. The minimum Gasteiger partial charge on any atom is -0.465 e. The average molecular weight is 419 g/mol. The average Bonchev–Trinajstić information content (AvgIpc) is 3.00. The molecular weight excluding hydrogens is 399 g/mol. The Kier molecular flexibility index (Phi) is 6.64. The summed E-state index contributed by atoms with van der Waals surface area (Å²) in [5.74, 6) is -1.34. The van der Waals surface area contributed by atoms with Gasteiger partial charge in [0.1, 0.15) is 12.4 Å². The van der Waals surface area contributed by atoms with Crippen LogP contribution in [0, 0.1) is 5.82 Å². The zero-order valence-electron chi connectivity index (χ0n) is 15.5. The van der Waals surface area contributed by atoms with E-state index in [1.807, 2.05) is 30.5 Å². The topological polar surface area (TPSA) is 60.7 Å². The molecule has 0 aliphatic rings. The van der Waals surface area contributed by atoms with Crippen molar-refractivity contribution in [1.82, 2.24) is 4.57 Å². The van der Waals surface area contributed by atoms with Crippen LogP contribution in [-0.4, -0.2) is 29.3 Å². The Bertz CT molecular complexity index is 1070. The van der Waals surface area contributed by atoms with Gasteiger partial charge in [0, 0.05) is 4.90 Å². The summed E-state index contributed by atoms with van der Waals surface area (Å²) >= 11 is 2.79. The van der Waals surface area contributed by atoms with E-state index < -0.39 is 11.8 Å². The summed E-state index contributed by atoms with van der Waals surface area (Å²) in [5.41, 5.74) is 1.09. The van der Waals surface area contributed by atoms with Crippen molar-refractivity contribution in [3.63, 3.8) is 0 Å². The Morgan fingerprint density at radius 1 is 1.21 bits per heavy atom. The fraction of sp³-hybridized carbons (Fsp3) is 0.250. The minimum absolute atomic E-state index is 0.130. The molecule has 0 saturated heterocycles. The van der Waals surface area contributed by atoms with Crippen LogP contribution in [0.15, 0.2) is 52.4 Å². The number of thiazole rings is 1. The summed E-state index contributed by atoms with van der Waals surface area (Å²) in [6.45, 7) is 1.72. The second kappa shape index (κ2) is 9.16. The third-order valence-electron chi connectivity index (χ3n) is 3.98. The Morgan fingerprint density at radius 2 is 1.96 bits per heavy atom. The van der Waals surface area contributed by atoms with Gasteiger partial charge in [0.15, 0.2) is 4.80 Å². The number of halogens is 1. The standard InChI is InChI=1S/C20H19FN2O3S2/c1-3-26-18(25)12-23-19-15(21)5-4-6-16(19)28-20(23)22-17(24)11-13-7-9-14(27-2)10-8-13/h4-10H,3,11-12H2,1-2H3. The Balaban J connectivity index is 1.96. The van der Waals surface area contributed by atoms with Crippen LogP contribution in [0.1, 0.15) is 12.5 Å². The van der Waals surface area contributed by atoms with Gasteiger partial charge in [-0.3, -0.25) is 9.59 Å². The number of fused-ring (bicyclic) bond motifs is 1. The highest BCUT2D eigenvalue weighted by Crippen LogP contribution is 2.20. The second-order valence-corrected chi connectivity index (χ2v) is 7.78. The lowest BCUT2D eigenvalue weighted by atomic mass is 10.1. The van der Waals surface area contributed by atoms with Crippen molar-refractivity contribution in [2.45, 2.75) is 24.8 Å². The fourth-order valence-electron chi connectivity index (χ4n) is 2.72. The van der Waals surface area contributed by atoms with Gasteiger partial charge in [0.05, 0.1) is 23.2 Å². The molecule has 3 aromatic rings. The van der Waals surface area contributed by atoms with Crippen molar-refractivity contribution in [2.75, 3.05) is 12.9 Å². The largest absolute Gasteiger partial charge is 0.465 e. The summed E-state index contributed by atoms with van der Waals surface area (Å²) in [5, 5.41) is 0. The van der Waals surface area contributed by atoms with Gasteiger partial charge >= 0.3 is 5.97 Å². The molecule has 0 aliphatic heterocycles. The number of benzene rings is 2. The molecule has 8 heteroatoms. The number of thioether (sulfide) groups is 1. The first-order valence-electron chi connectivity index (χ1n) is 8.65. The maximum Gasteiger partial charge on any atom is 0.326 e. The molecule has 0 atom stereocenters. The third-order valence-corrected chi connectivity index (χ3v) is 5.77. The van der Waals surface area contributed by atoms with Gasteiger partial charge in [-0.15, -0.1) is 11.8 Å². The number of ether oxygens (including phenoxy) is 1. The van der Waals surface area contributed by atoms with Gasteiger partial charge in [-0.1, -0.05) is 29.5 Å². The quantitative estimate of drug-likeness (QED) is 0.451. The molecule has 0 radical (unpaired) electrons. The molecule has 146 valence electrons. The molecule has 3 rings (SSSR count). The summed E-state index contributed by atoms with van der Waals surface area (Å²) in [6, 6.07) is 12.3. The molecule has 0 unspecified atom stereocenters. The van der Waals surface area contributed by atoms with E-state index in [9.17, 15) is 14.0 Å². The van der Waals surface area contributed by atoms with Crippen LogP contribution in [0.4, 0.5) is 4.39 Å². The van der Waals surface area contributed by atoms with E-state index >= 15 is 0 Å². The molecule has 0 fully saturated rings. The number of hydrogen-bond donors (Lipinski definition) is 0. The van der Waals surface area contributed by atoms with Gasteiger partial charge in [-0.05, 0) is 43.0 Å². The maximum absolute atomic E-state index is 14.4. The first-order chi connectivity index (χ1) is 13.5. The Labute approximate surface area is 169 Å². The van der Waals surface area contributed by atoms with Crippen LogP contribution in [-0.2, 0) is 27.3 Å². The van der Waals surface area contributed by atoms with Crippen molar-refractivity contribution < 1.29 is 18.7 Å². The van der Waals surface area contributed by atoms with Gasteiger partial charge in [0.2, 0.25) is 0 Å². The summed E-state index contributed by atoms with van der Waals surface area (Å²) in [4.78, 5) is 30.0. The highest BCUT2D eigenvalue weighted by atomic mass is 32.2. The van der Waals surface area contributed by atoms with Gasteiger partial charge in [-0.2, -0.15) is 4.99 Å². The molecule has 5 nitrogen and oxygen atoms in total. The van der Waals surface area contributed by atoms with Gasteiger partial charge in [-0.25, -0.2) is 4.39 Å². The molecule has 1 aromatic heterocycles. The number of nitrogens with zero attached hydrogens (tertiary/aromatic N) is 2. The molecular formula is C20H19FN2O3S2. The second-order valence-electron chi connectivity index (χ2n) is 5.89. The van der Waals surface area contributed by atoms with Crippen LogP contribution in [0.25, 0.3) is 10.2 Å². The predicted molar refractivity (Wildman–Crippen MR) is 109 cm³/mol. The van der Waals surface area contributed by atoms with Crippen LogP contribution in [0.2, 0.25) is 0 Å². The van der Waals surface area contributed by atoms with Crippen molar-refractivity contribution in [3.8, 4) is 0 Å². The SMILES string of the molecule is CCOC(=O)Cn1c(=NC(=O)Cc2ccc(SC)cc2)sc2cccc(F)c21. The number of para-hydroxylation sites is 1. The number of rotatable bonds is 6. The van der Waals surface area contributed by atoms with Crippen LogP contribution < -0.4 is 4.80 Å². The molecule has 0 N–H and O–H groups in total. The number of aromatic nitrogens is 1. The van der Waals surface area contributed by atoms with E-state index in [1.54, 1.807) is 30.8 Å². The molecule has 0 aliphatic carbocycles. The number of carbonyl (C=O) groups excluding carboxylic acids is 2. The van der Waals surface area contributed by atoms with Crippen molar-refractivity contribution in [2.24, 2.45) is 4.99 Å². The Morgan fingerprint density at radius 3 is 2.64 bits per heavy atom. The Hall–Kier alpha value is -2.45. The molecule has 0 spiro atoms. The van der Waals surface area contributed by atoms with Gasteiger partial charge < -0.3 is 9.30 Å². The lowest BCUT2D eigenvalue weighted by Gasteiger charge is -2.05. The number of esters is 1. The maximum atomic E-state index is 14.4. The monoisotopic (exact) mass is 418 g/mol. The van der Waals surface area contributed by atoms with Crippen molar-refractivity contribution in [3.05, 3.63) is 58.6 Å². The van der Waals surface area contributed by atoms with Crippen LogP contribution >= 0.6 is 23.1 Å². The normalized spacial score (nSPS) is 11.8. The van der Waals surface area contributed by atoms with E-state index in [-0.39, 0.29) is 35.8 Å². The lowest BCUT2D eigenvalue weighted by molar-refractivity contribution is -0.143. The minimum atomic E-state index is -0.507. The molecule has 1 amide bonds. The number of hydrogen-bond acceptors (Lipinski definition) is 5. The van der Waals surface area contributed by atoms with Crippen LogP contribution in [0.5, 0.6) is 0 Å². The molecule has 0 bridgehead atoms. The summed E-state index contributed by atoms with van der Waals surface area (Å²) in [7, 11) is 0. The lowest BCUT2D eigenvalue weighted by Crippen LogP contribution is -2.23. The molecule has 2 aromatic carbocycles. The first-order valence-corrected chi connectivity index (χ1v) is 10.7. The van der Waals surface area contributed by atoms with E-state index in [1.165, 1.54) is 22.0 Å². The zero-order chi connectivity index (χ0) is 20.1. The summed E-state index contributed by atoms with van der Waals surface area (Å²) in [6.07, 6.45) is 2.11. The van der Waals surface area contributed by atoms with E-state index in [0.717, 1.165) is 10.5 Å². The van der Waals surface area contributed by atoms with Crippen LogP contribution in [0.3, 0.4) is 0 Å². The predicted octanol–water partition coefficient (Wildman–Crippen LogP) is 3.80. The van der Waals surface area contributed by atoms with Crippen molar-refractivity contribution in [1.29, 1.82) is 0 Å². The fourth-order valence-corrected chi connectivity index (χ4v) is 4.19. The van der Waals surface area contributed by atoms with Crippen molar-refractivity contribution >= 4 is 45.2 Å². The smallest absolute Gasteiger partial charge is 0.326 e.